The van der Waals surface area contributed by atoms with E-state index in [0.29, 0.717) is 34.6 Å². The molecular weight excluding hydrogens is 583 g/mol. The van der Waals surface area contributed by atoms with Gasteiger partial charge in [-0.2, -0.15) is 0 Å². The fraction of sp³-hybridized carbons (Fsp3) is 0.355. The minimum absolute atomic E-state index is 0.0432. The number of aromatic nitrogens is 1. The summed E-state index contributed by atoms with van der Waals surface area (Å²) >= 11 is 6.28. The molecule has 2 heterocycles. The Hall–Kier alpha value is -3.63. The maximum atomic E-state index is 14.6. The molecule has 3 aromatic rings. The van der Waals surface area contributed by atoms with E-state index in [0.717, 1.165) is 24.8 Å². The second-order valence-corrected chi connectivity index (χ2v) is 12.6. The van der Waals surface area contributed by atoms with Crippen molar-refractivity contribution in [2.24, 2.45) is 0 Å². The maximum Gasteiger partial charge on any atom is 0.303 e. The second kappa shape index (κ2) is 12.3. The number of sulfonamides is 1. The Bertz CT molecular complexity index is 1640. The van der Waals surface area contributed by atoms with Crippen molar-refractivity contribution in [1.29, 1.82) is 0 Å². The molecule has 0 saturated carbocycles. The SMILES string of the molecule is CCOc1ncc2c(c1S(=O)(=O)N1C[C@H](CCC(=O)O)Oc3ccc(/C=C(\C)c4c(F)cccc4Cl)cc31)CCCC2. The van der Waals surface area contributed by atoms with Gasteiger partial charge in [-0.25, -0.2) is 17.8 Å². The van der Waals surface area contributed by atoms with Crippen molar-refractivity contribution in [2.45, 2.75) is 63.4 Å². The van der Waals surface area contributed by atoms with Crippen LogP contribution in [0.5, 0.6) is 11.6 Å². The molecule has 0 bridgehead atoms. The number of benzene rings is 2. The Balaban J connectivity index is 1.64. The quantitative estimate of drug-likeness (QED) is 0.273. The molecule has 0 radical (unpaired) electrons. The van der Waals surface area contributed by atoms with Gasteiger partial charge < -0.3 is 14.6 Å². The number of allylic oxidation sites excluding steroid dienone is 1. The highest BCUT2D eigenvalue weighted by molar-refractivity contribution is 7.93. The molecule has 222 valence electrons. The van der Waals surface area contributed by atoms with Crippen molar-refractivity contribution in [2.75, 3.05) is 17.5 Å². The van der Waals surface area contributed by atoms with Crippen LogP contribution in [0, 0.1) is 5.82 Å². The van der Waals surface area contributed by atoms with Crippen molar-refractivity contribution in [3.63, 3.8) is 0 Å². The minimum Gasteiger partial charge on any atom is -0.486 e. The number of hydrogen-bond acceptors (Lipinski definition) is 6. The molecule has 11 heteroatoms. The number of aryl methyl sites for hydroxylation is 1. The number of carboxylic acids is 1. The van der Waals surface area contributed by atoms with E-state index in [9.17, 15) is 22.7 Å². The van der Waals surface area contributed by atoms with Crippen molar-refractivity contribution in [1.82, 2.24) is 4.98 Å². The number of nitrogens with zero attached hydrogens (tertiary/aromatic N) is 2. The molecule has 8 nitrogen and oxygen atoms in total. The molecule has 1 aliphatic carbocycles. The Morgan fingerprint density at radius 1 is 1.26 bits per heavy atom. The van der Waals surface area contributed by atoms with Crippen molar-refractivity contribution in [3.05, 3.63) is 75.7 Å². The van der Waals surface area contributed by atoms with Crippen LogP contribution in [-0.2, 0) is 27.7 Å². The lowest BCUT2D eigenvalue weighted by atomic mass is 9.93. The summed E-state index contributed by atoms with van der Waals surface area (Å²) in [5.74, 6) is -1.11. The lowest BCUT2D eigenvalue weighted by Gasteiger charge is -2.36. The first-order chi connectivity index (χ1) is 20.1. The number of pyridine rings is 1. The zero-order chi connectivity index (χ0) is 30.0. The van der Waals surface area contributed by atoms with Gasteiger partial charge in [-0.05, 0) is 92.5 Å². The van der Waals surface area contributed by atoms with Crippen LogP contribution in [0.3, 0.4) is 0 Å². The third kappa shape index (κ3) is 5.96. The average molecular weight is 615 g/mol. The number of aliphatic carboxylic acids is 1. The van der Waals surface area contributed by atoms with Crippen LogP contribution in [0.2, 0.25) is 5.02 Å². The van der Waals surface area contributed by atoms with Gasteiger partial charge >= 0.3 is 5.97 Å². The Morgan fingerprint density at radius 3 is 2.79 bits per heavy atom. The molecule has 42 heavy (non-hydrogen) atoms. The summed E-state index contributed by atoms with van der Waals surface area (Å²) in [6, 6.07) is 9.51. The highest BCUT2D eigenvalue weighted by Crippen LogP contribution is 2.42. The molecule has 0 saturated heterocycles. The number of anilines is 1. The average Bonchev–Trinajstić information content (AvgIpc) is 2.95. The summed E-state index contributed by atoms with van der Waals surface area (Å²) in [5, 5.41) is 9.53. The molecule has 1 atom stereocenters. The van der Waals surface area contributed by atoms with Gasteiger partial charge in [0.15, 0.2) is 4.90 Å². The predicted molar refractivity (Wildman–Crippen MR) is 159 cm³/mol. The molecular formula is C31H32ClFN2O6S. The fourth-order valence-electron chi connectivity index (χ4n) is 5.55. The van der Waals surface area contributed by atoms with Crippen LogP contribution in [0.15, 0.2) is 47.5 Å². The molecule has 1 N–H and O–H groups in total. The van der Waals surface area contributed by atoms with Crippen LogP contribution in [0.4, 0.5) is 10.1 Å². The minimum atomic E-state index is -4.24. The smallest absolute Gasteiger partial charge is 0.303 e. The van der Waals surface area contributed by atoms with Crippen molar-refractivity contribution < 1.29 is 32.2 Å². The molecule has 5 rings (SSSR count). The zero-order valence-electron chi connectivity index (χ0n) is 23.4. The third-order valence-electron chi connectivity index (χ3n) is 7.48. The largest absolute Gasteiger partial charge is 0.486 e. The van der Waals surface area contributed by atoms with Gasteiger partial charge in [0.1, 0.15) is 17.7 Å². The monoisotopic (exact) mass is 614 g/mol. The number of hydrogen-bond donors (Lipinski definition) is 1. The normalized spacial score (nSPS) is 16.8. The zero-order valence-corrected chi connectivity index (χ0v) is 25.0. The summed E-state index contributed by atoms with van der Waals surface area (Å²) < 4.78 is 56.9. The molecule has 0 spiro atoms. The molecule has 0 fully saturated rings. The predicted octanol–water partition coefficient (Wildman–Crippen LogP) is 6.53. The van der Waals surface area contributed by atoms with Crippen LogP contribution in [0.1, 0.15) is 61.8 Å². The van der Waals surface area contributed by atoms with E-state index in [-0.39, 0.29) is 47.4 Å². The number of halogens is 2. The van der Waals surface area contributed by atoms with E-state index >= 15 is 0 Å². The summed E-state index contributed by atoms with van der Waals surface area (Å²) in [6.07, 6.45) is 5.78. The van der Waals surface area contributed by atoms with Gasteiger partial charge in [-0.1, -0.05) is 29.8 Å². The van der Waals surface area contributed by atoms with Crippen LogP contribution in [0.25, 0.3) is 11.6 Å². The second-order valence-electron chi connectivity index (χ2n) is 10.4. The lowest BCUT2D eigenvalue weighted by Crippen LogP contribution is -2.44. The Morgan fingerprint density at radius 2 is 2.05 bits per heavy atom. The van der Waals surface area contributed by atoms with E-state index in [1.807, 2.05) is 0 Å². The van der Waals surface area contributed by atoms with Crippen LogP contribution in [-0.4, -0.2) is 43.7 Å². The highest BCUT2D eigenvalue weighted by atomic mass is 35.5. The van der Waals surface area contributed by atoms with Crippen molar-refractivity contribution >= 4 is 44.9 Å². The van der Waals surface area contributed by atoms with Gasteiger partial charge in [-0.15, -0.1) is 0 Å². The van der Waals surface area contributed by atoms with Crippen LogP contribution >= 0.6 is 11.6 Å². The molecule has 2 aliphatic rings. The summed E-state index contributed by atoms with van der Waals surface area (Å²) in [5.41, 5.74) is 3.30. The standard InChI is InChI=1S/C31H32ClFN2O6S/c1-3-40-31-30(23-8-5-4-7-21(23)17-34-31)42(38,39)35-18-22(12-14-28(36)37)41-27-13-11-20(16-26(27)35)15-19(2)29-24(32)9-6-10-25(29)33/h6,9-11,13,15-17,22H,3-5,7-8,12,14,18H2,1-2H3,(H,36,37)/b19-15+/t22-/m0/s1. The number of fused-ring (bicyclic) bond motifs is 2. The summed E-state index contributed by atoms with van der Waals surface area (Å²) in [6.45, 7) is 3.64. The molecule has 1 aliphatic heterocycles. The molecule has 0 amide bonds. The Kier molecular flexibility index (Phi) is 8.75. The molecule has 2 aromatic carbocycles. The first-order valence-corrected chi connectivity index (χ1v) is 15.7. The fourth-order valence-corrected chi connectivity index (χ4v) is 7.72. The van der Waals surface area contributed by atoms with Crippen molar-refractivity contribution in [3.8, 4) is 11.6 Å². The third-order valence-corrected chi connectivity index (χ3v) is 9.66. The van der Waals surface area contributed by atoms with Crippen LogP contribution < -0.4 is 13.8 Å². The molecule has 1 aromatic heterocycles. The summed E-state index contributed by atoms with van der Waals surface area (Å²) in [4.78, 5) is 15.8. The Labute approximate surface area is 249 Å². The van der Waals surface area contributed by atoms with Gasteiger partial charge in [-0.3, -0.25) is 9.10 Å². The van der Waals surface area contributed by atoms with E-state index < -0.39 is 27.9 Å². The number of carboxylic acid groups (broad SMARTS) is 1. The van der Waals surface area contributed by atoms with Gasteiger partial charge in [0.2, 0.25) is 5.88 Å². The van der Waals surface area contributed by atoms with E-state index in [1.165, 1.54) is 16.4 Å². The maximum absolute atomic E-state index is 14.6. The van der Waals surface area contributed by atoms with E-state index in [2.05, 4.69) is 4.98 Å². The number of ether oxygens (including phenoxy) is 2. The topological polar surface area (TPSA) is 106 Å². The van der Waals surface area contributed by atoms with E-state index in [1.54, 1.807) is 50.4 Å². The first-order valence-electron chi connectivity index (χ1n) is 13.9. The van der Waals surface area contributed by atoms with Gasteiger partial charge in [0.25, 0.3) is 10.0 Å². The lowest BCUT2D eigenvalue weighted by molar-refractivity contribution is -0.137. The number of rotatable bonds is 9. The van der Waals surface area contributed by atoms with Gasteiger partial charge in [0.05, 0.1) is 23.9 Å². The van der Waals surface area contributed by atoms with Gasteiger partial charge in [0, 0.05) is 18.2 Å². The molecule has 0 unspecified atom stereocenters. The van der Waals surface area contributed by atoms with E-state index in [4.69, 9.17) is 21.1 Å². The first kappa shape index (κ1) is 29.8. The number of carbonyl (C=O) groups is 1. The highest BCUT2D eigenvalue weighted by Gasteiger charge is 2.39. The summed E-state index contributed by atoms with van der Waals surface area (Å²) in [7, 11) is -4.24.